The molecule has 0 fully saturated rings. The fraction of sp³-hybridized carbons (Fsp3) is 0.357. The monoisotopic (exact) mass is 297 g/mol. The average Bonchev–Trinajstić information content (AvgIpc) is 2.81. The summed E-state index contributed by atoms with van der Waals surface area (Å²) in [6.45, 7) is 4.61. The lowest BCUT2D eigenvalue weighted by Gasteiger charge is -2.05. The first-order valence-electron chi connectivity index (χ1n) is 6.36. The molecule has 0 saturated carbocycles. The van der Waals surface area contributed by atoms with Crippen molar-refractivity contribution in [2.24, 2.45) is 0 Å². The molecule has 19 heavy (non-hydrogen) atoms. The van der Waals surface area contributed by atoms with Crippen molar-refractivity contribution in [1.29, 1.82) is 0 Å². The zero-order chi connectivity index (χ0) is 13.7. The van der Waals surface area contributed by atoms with Crippen LogP contribution < -0.4 is 5.32 Å². The van der Waals surface area contributed by atoms with Crippen molar-refractivity contribution in [2.75, 3.05) is 6.54 Å². The van der Waals surface area contributed by atoms with Crippen LogP contribution in [-0.4, -0.2) is 16.3 Å². The van der Waals surface area contributed by atoms with E-state index in [0.29, 0.717) is 16.6 Å². The summed E-state index contributed by atoms with van der Waals surface area (Å²) in [5.41, 5.74) is 2.06. The second-order valence-electron chi connectivity index (χ2n) is 4.42. The van der Waals surface area contributed by atoms with Crippen molar-refractivity contribution in [3.05, 3.63) is 51.8 Å². The van der Waals surface area contributed by atoms with E-state index in [9.17, 15) is 0 Å². The largest absolute Gasteiger partial charge is 0.311 e. The van der Waals surface area contributed by atoms with Crippen LogP contribution in [0.5, 0.6) is 0 Å². The van der Waals surface area contributed by atoms with Gasteiger partial charge in [0.1, 0.15) is 0 Å². The van der Waals surface area contributed by atoms with E-state index in [1.54, 1.807) is 6.07 Å². The molecule has 0 radical (unpaired) electrons. The second-order valence-corrected chi connectivity index (χ2v) is 5.26. The topological polar surface area (TPSA) is 29.9 Å². The molecular formula is C14H17Cl2N3. The number of rotatable bonds is 6. The van der Waals surface area contributed by atoms with Gasteiger partial charge in [-0.1, -0.05) is 36.2 Å². The molecule has 0 aliphatic heterocycles. The molecule has 2 rings (SSSR count). The Morgan fingerprint density at radius 1 is 1.26 bits per heavy atom. The van der Waals surface area contributed by atoms with Gasteiger partial charge in [-0.25, -0.2) is 0 Å². The van der Waals surface area contributed by atoms with Gasteiger partial charge in [0.25, 0.3) is 0 Å². The van der Waals surface area contributed by atoms with Gasteiger partial charge in [-0.2, -0.15) is 5.10 Å². The summed E-state index contributed by atoms with van der Waals surface area (Å²) in [4.78, 5) is 0. The van der Waals surface area contributed by atoms with Gasteiger partial charge in [0.05, 0.1) is 12.2 Å². The Morgan fingerprint density at radius 2 is 2.11 bits per heavy atom. The van der Waals surface area contributed by atoms with Gasteiger partial charge in [0, 0.05) is 22.8 Å². The van der Waals surface area contributed by atoms with Gasteiger partial charge >= 0.3 is 0 Å². The number of hydrogen-bond donors (Lipinski definition) is 1. The van der Waals surface area contributed by atoms with Crippen LogP contribution in [0.2, 0.25) is 10.0 Å². The van der Waals surface area contributed by atoms with Crippen LogP contribution in [0.3, 0.4) is 0 Å². The molecule has 2 aromatic rings. The lowest BCUT2D eigenvalue weighted by Crippen LogP contribution is -2.14. The molecule has 0 aliphatic rings. The third-order valence-corrected chi connectivity index (χ3v) is 3.36. The van der Waals surface area contributed by atoms with Crippen molar-refractivity contribution in [3.8, 4) is 0 Å². The molecule has 0 amide bonds. The van der Waals surface area contributed by atoms with Gasteiger partial charge in [0.2, 0.25) is 0 Å². The molecule has 5 heteroatoms. The molecule has 0 saturated heterocycles. The number of benzene rings is 1. The van der Waals surface area contributed by atoms with E-state index in [-0.39, 0.29) is 0 Å². The minimum Gasteiger partial charge on any atom is -0.311 e. The van der Waals surface area contributed by atoms with E-state index in [1.165, 1.54) is 0 Å². The highest BCUT2D eigenvalue weighted by atomic mass is 35.5. The summed E-state index contributed by atoms with van der Waals surface area (Å²) >= 11 is 12.0. The minimum absolute atomic E-state index is 0.652. The summed E-state index contributed by atoms with van der Waals surface area (Å²) < 4.78 is 1.89. The van der Waals surface area contributed by atoms with E-state index in [0.717, 1.165) is 30.8 Å². The standard InChI is InChI=1S/C14H17Cl2N3/c1-2-6-17-9-13-5-7-19(18-13)10-11-3-4-12(15)8-14(11)16/h3-5,7-8,17H,2,6,9-10H2,1H3. The summed E-state index contributed by atoms with van der Waals surface area (Å²) in [5.74, 6) is 0. The predicted molar refractivity (Wildman–Crippen MR) is 79.8 cm³/mol. The molecular weight excluding hydrogens is 281 g/mol. The van der Waals surface area contributed by atoms with Crippen molar-refractivity contribution < 1.29 is 0 Å². The van der Waals surface area contributed by atoms with Crippen LogP contribution in [-0.2, 0) is 13.1 Å². The van der Waals surface area contributed by atoms with Crippen molar-refractivity contribution >= 4 is 23.2 Å². The van der Waals surface area contributed by atoms with Gasteiger partial charge in [-0.05, 0) is 36.7 Å². The Labute approximate surface area is 123 Å². The van der Waals surface area contributed by atoms with Gasteiger partial charge < -0.3 is 5.32 Å². The van der Waals surface area contributed by atoms with Gasteiger partial charge in [0.15, 0.2) is 0 Å². The molecule has 0 atom stereocenters. The highest BCUT2D eigenvalue weighted by Crippen LogP contribution is 2.21. The zero-order valence-electron chi connectivity index (χ0n) is 10.9. The second kappa shape index (κ2) is 6.94. The molecule has 0 spiro atoms. The maximum Gasteiger partial charge on any atom is 0.0762 e. The van der Waals surface area contributed by atoms with E-state index in [1.807, 2.05) is 29.1 Å². The third-order valence-electron chi connectivity index (χ3n) is 2.78. The first-order valence-corrected chi connectivity index (χ1v) is 7.11. The minimum atomic E-state index is 0.652. The van der Waals surface area contributed by atoms with Crippen LogP contribution >= 0.6 is 23.2 Å². The molecule has 1 aromatic heterocycles. The summed E-state index contributed by atoms with van der Waals surface area (Å²) in [6.07, 6.45) is 3.09. The number of aromatic nitrogens is 2. The SMILES string of the molecule is CCCNCc1ccn(Cc2ccc(Cl)cc2Cl)n1. The third kappa shape index (κ3) is 4.23. The molecule has 1 aromatic carbocycles. The van der Waals surface area contributed by atoms with Crippen LogP contribution in [0.4, 0.5) is 0 Å². The normalized spacial score (nSPS) is 10.9. The Balaban J connectivity index is 1.99. The number of hydrogen-bond acceptors (Lipinski definition) is 2. The number of nitrogens with zero attached hydrogens (tertiary/aromatic N) is 2. The molecule has 0 unspecified atom stereocenters. The predicted octanol–water partition coefficient (Wildman–Crippen LogP) is 3.74. The van der Waals surface area contributed by atoms with Crippen LogP contribution in [0.25, 0.3) is 0 Å². The quantitative estimate of drug-likeness (QED) is 0.823. The zero-order valence-corrected chi connectivity index (χ0v) is 12.4. The Hall–Kier alpha value is -1.03. The summed E-state index contributed by atoms with van der Waals surface area (Å²) in [5, 5.41) is 9.16. The van der Waals surface area contributed by atoms with Crippen molar-refractivity contribution in [3.63, 3.8) is 0 Å². The fourth-order valence-electron chi connectivity index (χ4n) is 1.80. The van der Waals surface area contributed by atoms with Crippen molar-refractivity contribution in [2.45, 2.75) is 26.4 Å². The van der Waals surface area contributed by atoms with E-state index >= 15 is 0 Å². The Morgan fingerprint density at radius 3 is 2.84 bits per heavy atom. The number of halogens is 2. The van der Waals surface area contributed by atoms with Crippen molar-refractivity contribution in [1.82, 2.24) is 15.1 Å². The lowest BCUT2D eigenvalue weighted by molar-refractivity contribution is 0.628. The first kappa shape index (κ1) is 14.4. The number of nitrogens with one attached hydrogen (secondary N) is 1. The van der Waals surface area contributed by atoms with E-state index in [2.05, 4.69) is 17.3 Å². The van der Waals surface area contributed by atoms with Crippen LogP contribution in [0.1, 0.15) is 24.6 Å². The molecule has 3 nitrogen and oxygen atoms in total. The van der Waals surface area contributed by atoms with E-state index < -0.39 is 0 Å². The Kier molecular flexibility index (Phi) is 5.25. The molecule has 0 bridgehead atoms. The smallest absolute Gasteiger partial charge is 0.0762 e. The maximum absolute atomic E-state index is 6.15. The molecule has 1 N–H and O–H groups in total. The molecule has 102 valence electrons. The maximum atomic E-state index is 6.15. The van der Waals surface area contributed by atoms with E-state index in [4.69, 9.17) is 23.2 Å². The fourth-order valence-corrected chi connectivity index (χ4v) is 2.27. The van der Waals surface area contributed by atoms with Crippen LogP contribution in [0.15, 0.2) is 30.5 Å². The average molecular weight is 298 g/mol. The van der Waals surface area contributed by atoms with Crippen LogP contribution in [0, 0.1) is 0 Å². The Bertz CT molecular complexity index is 537. The lowest BCUT2D eigenvalue weighted by atomic mass is 10.2. The highest BCUT2D eigenvalue weighted by molar-refractivity contribution is 6.35. The first-order chi connectivity index (χ1) is 9.19. The summed E-state index contributed by atoms with van der Waals surface area (Å²) in [7, 11) is 0. The molecule has 1 heterocycles. The van der Waals surface area contributed by atoms with Gasteiger partial charge in [-0.15, -0.1) is 0 Å². The van der Waals surface area contributed by atoms with Gasteiger partial charge in [-0.3, -0.25) is 4.68 Å². The molecule has 0 aliphatic carbocycles. The highest BCUT2D eigenvalue weighted by Gasteiger charge is 2.04. The summed E-state index contributed by atoms with van der Waals surface area (Å²) in [6, 6.07) is 7.55.